The summed E-state index contributed by atoms with van der Waals surface area (Å²) in [6, 6.07) is 0. The molecule has 0 radical (unpaired) electrons. The van der Waals surface area contributed by atoms with Crippen molar-refractivity contribution in [3.63, 3.8) is 0 Å². The first-order valence-electron chi connectivity index (χ1n) is 3.44. The normalized spacial score (nSPS) is 15.5. The Hall–Kier alpha value is -0.900. The molecular formula is C7H12O4. The van der Waals surface area contributed by atoms with E-state index in [-0.39, 0.29) is 6.42 Å². The van der Waals surface area contributed by atoms with E-state index in [4.69, 9.17) is 10.2 Å². The molecule has 0 aliphatic heterocycles. The molecule has 0 saturated heterocycles. The molecule has 64 valence electrons. The van der Waals surface area contributed by atoms with Gasteiger partial charge < -0.3 is 15.0 Å². The van der Waals surface area contributed by atoms with Crippen LogP contribution < -0.4 is 0 Å². The zero-order chi connectivity index (χ0) is 8.85. The van der Waals surface area contributed by atoms with Crippen molar-refractivity contribution >= 4 is 12.3 Å². The quantitative estimate of drug-likeness (QED) is 0.440. The van der Waals surface area contributed by atoms with Crippen LogP contribution in [0.3, 0.4) is 0 Å². The number of rotatable bonds is 5. The first kappa shape index (κ1) is 10.1. The van der Waals surface area contributed by atoms with E-state index >= 15 is 0 Å². The fourth-order valence-electron chi connectivity index (χ4n) is 0.670. The summed E-state index contributed by atoms with van der Waals surface area (Å²) < 4.78 is 0. The molecule has 2 N–H and O–H groups in total. The van der Waals surface area contributed by atoms with Gasteiger partial charge in [0.25, 0.3) is 0 Å². The van der Waals surface area contributed by atoms with E-state index in [0.717, 1.165) is 0 Å². The zero-order valence-electron chi connectivity index (χ0n) is 6.36. The predicted molar refractivity (Wildman–Crippen MR) is 38.1 cm³/mol. The second-order valence-corrected chi connectivity index (χ2v) is 2.51. The monoisotopic (exact) mass is 160 g/mol. The van der Waals surface area contributed by atoms with Crippen molar-refractivity contribution in [3.8, 4) is 0 Å². The lowest BCUT2D eigenvalue weighted by Gasteiger charge is -2.05. The molecule has 0 fully saturated rings. The van der Waals surface area contributed by atoms with Crippen LogP contribution in [0.2, 0.25) is 0 Å². The lowest BCUT2D eigenvalue weighted by molar-refractivity contribution is -0.143. The summed E-state index contributed by atoms with van der Waals surface area (Å²) in [4.78, 5) is 20.3. The third kappa shape index (κ3) is 4.50. The first-order chi connectivity index (χ1) is 5.07. The smallest absolute Gasteiger partial charge is 0.313 e. The molecule has 0 aromatic carbocycles. The van der Waals surface area contributed by atoms with Crippen LogP contribution >= 0.6 is 0 Å². The van der Waals surface area contributed by atoms with Gasteiger partial charge in [0.05, 0.1) is 6.10 Å². The molecule has 4 nitrogen and oxygen atoms in total. The molecule has 0 aromatic rings. The topological polar surface area (TPSA) is 74.6 Å². The molecule has 2 atom stereocenters. The second kappa shape index (κ2) is 4.85. The molecule has 0 heterocycles. The fraction of sp³-hybridized carbons (Fsp3) is 0.714. The molecule has 0 aliphatic rings. The molecule has 2 unspecified atom stereocenters. The van der Waals surface area contributed by atoms with Gasteiger partial charge in [0, 0.05) is 0 Å². The summed E-state index contributed by atoms with van der Waals surface area (Å²) in [6.45, 7) is 1.56. The van der Waals surface area contributed by atoms with Gasteiger partial charge in [-0.2, -0.15) is 0 Å². The minimum Gasteiger partial charge on any atom is -0.481 e. The third-order valence-corrected chi connectivity index (χ3v) is 1.38. The SMILES string of the molecule is CC(O)CCC(C=O)C(=O)O. The molecule has 0 rings (SSSR count). The van der Waals surface area contributed by atoms with Gasteiger partial charge in [0.2, 0.25) is 0 Å². The number of aliphatic hydroxyl groups is 1. The van der Waals surface area contributed by atoms with Crippen molar-refractivity contribution in [1.29, 1.82) is 0 Å². The highest BCUT2D eigenvalue weighted by Crippen LogP contribution is 2.05. The van der Waals surface area contributed by atoms with E-state index in [1.807, 2.05) is 0 Å². The number of carboxylic acids is 1. The van der Waals surface area contributed by atoms with Crippen LogP contribution in [0.4, 0.5) is 0 Å². The van der Waals surface area contributed by atoms with Gasteiger partial charge in [0.1, 0.15) is 12.2 Å². The molecule has 0 saturated carbocycles. The Bertz CT molecular complexity index is 141. The first-order valence-corrected chi connectivity index (χ1v) is 3.44. The lowest BCUT2D eigenvalue weighted by Crippen LogP contribution is -2.16. The number of aliphatic carboxylic acids is 1. The number of hydrogen-bond acceptors (Lipinski definition) is 3. The maximum atomic E-state index is 10.2. The minimum absolute atomic E-state index is 0.205. The van der Waals surface area contributed by atoms with E-state index in [2.05, 4.69) is 0 Å². The van der Waals surface area contributed by atoms with Crippen molar-refractivity contribution in [2.75, 3.05) is 0 Å². The van der Waals surface area contributed by atoms with Crippen LogP contribution in [0, 0.1) is 5.92 Å². The van der Waals surface area contributed by atoms with Crippen LogP contribution in [-0.2, 0) is 9.59 Å². The van der Waals surface area contributed by atoms with Crippen LogP contribution in [0.25, 0.3) is 0 Å². The standard InChI is InChI=1S/C7H12O4/c1-5(9)2-3-6(4-8)7(10)11/h4-6,9H,2-3H2,1H3,(H,10,11). The van der Waals surface area contributed by atoms with Crippen LogP contribution in [-0.4, -0.2) is 28.6 Å². The summed E-state index contributed by atoms with van der Waals surface area (Å²) in [6.07, 6.45) is 0.397. The van der Waals surface area contributed by atoms with E-state index in [1.54, 1.807) is 6.92 Å². The van der Waals surface area contributed by atoms with E-state index in [1.165, 1.54) is 0 Å². The Morgan fingerprint density at radius 2 is 2.09 bits per heavy atom. The maximum Gasteiger partial charge on any atom is 0.313 e. The Labute approximate surface area is 64.8 Å². The summed E-state index contributed by atoms with van der Waals surface area (Å²) in [5.41, 5.74) is 0. The zero-order valence-corrected chi connectivity index (χ0v) is 6.36. The fourth-order valence-corrected chi connectivity index (χ4v) is 0.670. The number of carbonyl (C=O) groups excluding carboxylic acids is 1. The Morgan fingerprint density at radius 3 is 2.36 bits per heavy atom. The van der Waals surface area contributed by atoms with Crippen molar-refractivity contribution in [1.82, 2.24) is 0 Å². The number of carboxylic acid groups (broad SMARTS) is 1. The largest absolute Gasteiger partial charge is 0.481 e. The molecule has 0 aromatic heterocycles. The Balaban J connectivity index is 3.70. The summed E-state index contributed by atoms with van der Waals surface area (Å²) >= 11 is 0. The van der Waals surface area contributed by atoms with E-state index < -0.39 is 18.0 Å². The highest BCUT2D eigenvalue weighted by Gasteiger charge is 2.16. The van der Waals surface area contributed by atoms with Gasteiger partial charge in [-0.15, -0.1) is 0 Å². The van der Waals surface area contributed by atoms with Gasteiger partial charge in [-0.25, -0.2) is 0 Å². The van der Waals surface area contributed by atoms with Crippen molar-refractivity contribution in [2.45, 2.75) is 25.9 Å². The van der Waals surface area contributed by atoms with Crippen LogP contribution in [0.1, 0.15) is 19.8 Å². The highest BCUT2D eigenvalue weighted by atomic mass is 16.4. The van der Waals surface area contributed by atoms with Gasteiger partial charge in [0.15, 0.2) is 0 Å². The van der Waals surface area contributed by atoms with Crippen LogP contribution in [0.15, 0.2) is 0 Å². The second-order valence-electron chi connectivity index (χ2n) is 2.51. The van der Waals surface area contributed by atoms with Gasteiger partial charge in [-0.3, -0.25) is 4.79 Å². The lowest BCUT2D eigenvalue weighted by atomic mass is 10.0. The third-order valence-electron chi connectivity index (χ3n) is 1.38. The van der Waals surface area contributed by atoms with Crippen molar-refractivity contribution < 1.29 is 19.8 Å². The highest BCUT2D eigenvalue weighted by molar-refractivity contribution is 5.86. The number of carbonyl (C=O) groups is 2. The van der Waals surface area contributed by atoms with Gasteiger partial charge >= 0.3 is 5.97 Å². The van der Waals surface area contributed by atoms with Gasteiger partial charge in [-0.05, 0) is 19.8 Å². The molecule has 0 spiro atoms. The van der Waals surface area contributed by atoms with Crippen LogP contribution in [0.5, 0.6) is 0 Å². The Morgan fingerprint density at radius 1 is 1.55 bits per heavy atom. The average molecular weight is 160 g/mol. The van der Waals surface area contributed by atoms with Gasteiger partial charge in [-0.1, -0.05) is 0 Å². The van der Waals surface area contributed by atoms with Crippen molar-refractivity contribution in [2.24, 2.45) is 5.92 Å². The summed E-state index contributed by atoms with van der Waals surface area (Å²) in [5.74, 6) is -2.09. The molecule has 11 heavy (non-hydrogen) atoms. The van der Waals surface area contributed by atoms with E-state index in [0.29, 0.717) is 12.7 Å². The van der Waals surface area contributed by atoms with E-state index in [9.17, 15) is 9.59 Å². The molecule has 0 amide bonds. The molecular weight excluding hydrogens is 148 g/mol. The van der Waals surface area contributed by atoms with Crippen molar-refractivity contribution in [3.05, 3.63) is 0 Å². The summed E-state index contributed by atoms with van der Waals surface area (Å²) in [7, 11) is 0. The summed E-state index contributed by atoms with van der Waals surface area (Å²) in [5, 5.41) is 17.1. The molecule has 0 aliphatic carbocycles. The molecule has 4 heteroatoms. The Kier molecular flexibility index (Phi) is 4.45. The average Bonchev–Trinajstić information content (AvgIpc) is 1.87. The number of aldehydes is 1. The predicted octanol–water partition coefficient (Wildman–Crippen LogP) is 0.0471. The molecule has 0 bridgehead atoms. The number of aliphatic hydroxyl groups excluding tert-OH is 1. The number of hydrogen-bond donors (Lipinski definition) is 2. The minimum atomic E-state index is -1.12. The maximum absolute atomic E-state index is 10.2.